The molecule has 0 unspecified atom stereocenters. The fourth-order valence-corrected chi connectivity index (χ4v) is 3.44. The van der Waals surface area contributed by atoms with Crippen molar-refractivity contribution in [2.75, 3.05) is 56.9 Å². The maximum Gasteiger partial charge on any atom is 0.225 e. The van der Waals surface area contributed by atoms with Gasteiger partial charge < -0.3 is 25.6 Å². The summed E-state index contributed by atoms with van der Waals surface area (Å²) in [6.07, 6.45) is 3.77. The Hall–Kier alpha value is -3.11. The van der Waals surface area contributed by atoms with E-state index in [9.17, 15) is 4.79 Å². The van der Waals surface area contributed by atoms with Crippen molar-refractivity contribution in [2.24, 2.45) is 5.84 Å². The van der Waals surface area contributed by atoms with Crippen LogP contribution in [-0.4, -0.2) is 72.6 Å². The van der Waals surface area contributed by atoms with Crippen molar-refractivity contribution in [3.05, 3.63) is 30.5 Å². The number of hydrogen-bond acceptors (Lipinski definition) is 9. The molecule has 1 aliphatic rings. The first-order chi connectivity index (χ1) is 14.9. The number of carbonyl (C=O) groups is 1. The second-order valence-corrected chi connectivity index (χ2v) is 7.89. The number of nitrogens with one attached hydrogen (secondary N) is 1. The first kappa shape index (κ1) is 22.6. The molecule has 10 heteroatoms. The van der Waals surface area contributed by atoms with E-state index in [-0.39, 0.29) is 11.9 Å². The average molecular weight is 429 g/mol. The van der Waals surface area contributed by atoms with Crippen molar-refractivity contribution in [3.63, 3.8) is 0 Å². The Morgan fingerprint density at radius 1 is 1.26 bits per heavy atom. The summed E-state index contributed by atoms with van der Waals surface area (Å²) in [5.41, 5.74) is 7.17. The molecule has 10 nitrogen and oxygen atoms in total. The molecule has 1 amide bonds. The molecule has 3 rings (SSSR count). The third kappa shape index (κ3) is 5.96. The molecule has 0 spiro atoms. The molecule has 0 atom stereocenters. The monoisotopic (exact) mass is 428 g/mol. The van der Waals surface area contributed by atoms with Crippen LogP contribution in [0.1, 0.15) is 19.3 Å². The van der Waals surface area contributed by atoms with Crippen LogP contribution < -0.4 is 26.6 Å². The number of anilines is 4. The zero-order chi connectivity index (χ0) is 22.4. The second-order valence-electron chi connectivity index (χ2n) is 7.89. The van der Waals surface area contributed by atoms with Crippen LogP contribution in [0.4, 0.5) is 23.1 Å². The minimum absolute atomic E-state index is 0.182. The van der Waals surface area contributed by atoms with Crippen molar-refractivity contribution < 1.29 is 9.53 Å². The molecule has 31 heavy (non-hydrogen) atoms. The molecular weight excluding hydrogens is 396 g/mol. The van der Waals surface area contributed by atoms with Crippen molar-refractivity contribution in [2.45, 2.75) is 25.3 Å². The highest BCUT2D eigenvalue weighted by molar-refractivity contribution is 5.76. The number of amides is 1. The van der Waals surface area contributed by atoms with Crippen LogP contribution in [0.2, 0.25) is 0 Å². The Bertz CT molecular complexity index is 866. The highest BCUT2D eigenvalue weighted by atomic mass is 16.5. The summed E-state index contributed by atoms with van der Waals surface area (Å²) in [6, 6.07) is 7.48. The Kier molecular flexibility index (Phi) is 7.48. The summed E-state index contributed by atoms with van der Waals surface area (Å²) in [4.78, 5) is 25.1. The lowest BCUT2D eigenvalue weighted by molar-refractivity contribution is -0.132. The molecule has 0 saturated carbocycles. The predicted octanol–water partition coefficient (Wildman–Crippen LogP) is 1.43. The Morgan fingerprint density at radius 3 is 2.55 bits per heavy atom. The SMILES string of the molecule is COc1ccc(N(N)c2nc(NC3CCN(C(=O)CCN(C)C)CC3)ncc2N)cc1. The van der Waals surface area contributed by atoms with Crippen molar-refractivity contribution >= 4 is 29.0 Å². The molecule has 2 heterocycles. The summed E-state index contributed by atoms with van der Waals surface area (Å²) >= 11 is 0. The summed E-state index contributed by atoms with van der Waals surface area (Å²) < 4.78 is 5.18. The zero-order valence-corrected chi connectivity index (χ0v) is 18.4. The van der Waals surface area contributed by atoms with E-state index in [0.717, 1.165) is 43.9 Å². The number of rotatable bonds is 8. The van der Waals surface area contributed by atoms with Crippen LogP contribution in [-0.2, 0) is 4.79 Å². The van der Waals surface area contributed by atoms with Gasteiger partial charge in [-0.05, 0) is 51.2 Å². The minimum atomic E-state index is 0.182. The van der Waals surface area contributed by atoms with E-state index in [1.165, 1.54) is 5.01 Å². The number of nitrogens with zero attached hydrogens (tertiary/aromatic N) is 5. The zero-order valence-electron chi connectivity index (χ0n) is 18.4. The van der Waals surface area contributed by atoms with Crippen LogP contribution in [0.25, 0.3) is 0 Å². The quantitative estimate of drug-likeness (QED) is 0.423. The maximum atomic E-state index is 12.3. The lowest BCUT2D eigenvalue weighted by atomic mass is 10.0. The molecule has 1 aromatic heterocycles. The molecule has 0 bridgehead atoms. The fraction of sp³-hybridized carbons (Fsp3) is 0.476. The number of hydrazine groups is 1. The number of aromatic nitrogens is 2. The third-order valence-electron chi connectivity index (χ3n) is 5.33. The number of nitrogen functional groups attached to an aromatic ring is 1. The van der Waals surface area contributed by atoms with Crippen molar-refractivity contribution in [1.82, 2.24) is 19.8 Å². The van der Waals surface area contributed by atoms with E-state index in [1.54, 1.807) is 13.3 Å². The molecule has 1 saturated heterocycles. The van der Waals surface area contributed by atoms with Gasteiger partial charge >= 0.3 is 0 Å². The van der Waals surface area contributed by atoms with Crippen molar-refractivity contribution in [1.29, 1.82) is 0 Å². The summed E-state index contributed by atoms with van der Waals surface area (Å²) in [5.74, 6) is 8.08. The number of piperidine rings is 1. The molecule has 1 aromatic carbocycles. The second kappa shape index (κ2) is 10.3. The molecule has 2 aromatic rings. The van der Waals surface area contributed by atoms with Crippen LogP contribution in [0, 0.1) is 0 Å². The van der Waals surface area contributed by atoms with E-state index in [4.69, 9.17) is 16.3 Å². The number of benzene rings is 1. The van der Waals surface area contributed by atoms with Crippen LogP contribution in [0.3, 0.4) is 0 Å². The van der Waals surface area contributed by atoms with E-state index in [0.29, 0.717) is 23.9 Å². The van der Waals surface area contributed by atoms with Crippen LogP contribution >= 0.6 is 0 Å². The van der Waals surface area contributed by atoms with Gasteiger partial charge in [-0.15, -0.1) is 0 Å². The smallest absolute Gasteiger partial charge is 0.225 e. The van der Waals surface area contributed by atoms with Gasteiger partial charge in [-0.1, -0.05) is 0 Å². The number of methoxy groups -OCH3 is 1. The van der Waals surface area contributed by atoms with Gasteiger partial charge in [0.25, 0.3) is 0 Å². The number of nitrogens with two attached hydrogens (primary N) is 2. The van der Waals surface area contributed by atoms with Gasteiger partial charge in [0.2, 0.25) is 11.9 Å². The van der Waals surface area contributed by atoms with Gasteiger partial charge in [-0.2, -0.15) is 4.98 Å². The van der Waals surface area contributed by atoms with Crippen LogP contribution in [0.5, 0.6) is 5.75 Å². The normalized spacial score (nSPS) is 14.5. The maximum absolute atomic E-state index is 12.3. The number of ether oxygens (including phenoxy) is 1. The Labute approximate surface area is 183 Å². The van der Waals surface area contributed by atoms with Gasteiger partial charge in [0.1, 0.15) is 5.75 Å². The topological polar surface area (TPSA) is 126 Å². The number of likely N-dealkylation sites (tertiary alicyclic amines) is 1. The third-order valence-corrected chi connectivity index (χ3v) is 5.33. The molecule has 1 fully saturated rings. The van der Waals surface area contributed by atoms with Gasteiger partial charge in [0, 0.05) is 32.1 Å². The van der Waals surface area contributed by atoms with Gasteiger partial charge in [0.05, 0.1) is 24.7 Å². The highest BCUT2D eigenvalue weighted by Crippen LogP contribution is 2.27. The number of carbonyl (C=O) groups excluding carboxylic acids is 1. The molecule has 5 N–H and O–H groups in total. The standard InChI is InChI=1S/C21H32N8O2/c1-27(2)11-10-19(30)28-12-8-15(9-13-28)25-21-24-14-18(22)20(26-21)29(23)16-4-6-17(31-3)7-5-16/h4-7,14-15H,8-13,22-23H2,1-3H3,(H,24,25,26). The number of hydrogen-bond donors (Lipinski definition) is 3. The Morgan fingerprint density at radius 2 is 1.94 bits per heavy atom. The van der Waals surface area contributed by atoms with Crippen molar-refractivity contribution in [3.8, 4) is 5.75 Å². The lowest BCUT2D eigenvalue weighted by Crippen LogP contribution is -2.43. The molecule has 1 aliphatic heterocycles. The largest absolute Gasteiger partial charge is 0.497 e. The van der Waals surface area contributed by atoms with E-state index >= 15 is 0 Å². The molecule has 0 radical (unpaired) electrons. The molecule has 0 aliphatic carbocycles. The minimum Gasteiger partial charge on any atom is -0.497 e. The van der Waals surface area contributed by atoms with Crippen LogP contribution in [0.15, 0.2) is 30.5 Å². The lowest BCUT2D eigenvalue weighted by Gasteiger charge is -2.33. The van der Waals surface area contributed by atoms with E-state index in [2.05, 4.69) is 15.3 Å². The van der Waals surface area contributed by atoms with Gasteiger partial charge in [0.15, 0.2) is 5.82 Å². The highest BCUT2D eigenvalue weighted by Gasteiger charge is 2.23. The predicted molar refractivity (Wildman–Crippen MR) is 122 cm³/mol. The Balaban J connectivity index is 1.60. The molecular formula is C21H32N8O2. The van der Waals surface area contributed by atoms with Gasteiger partial charge in [-0.25, -0.2) is 10.8 Å². The summed E-state index contributed by atoms with van der Waals surface area (Å²) in [7, 11) is 5.56. The fourth-order valence-electron chi connectivity index (χ4n) is 3.44. The first-order valence-electron chi connectivity index (χ1n) is 10.4. The summed E-state index contributed by atoms with van der Waals surface area (Å²) in [6.45, 7) is 2.21. The van der Waals surface area contributed by atoms with Gasteiger partial charge in [-0.3, -0.25) is 9.80 Å². The van der Waals surface area contributed by atoms with E-state index in [1.807, 2.05) is 48.2 Å². The average Bonchev–Trinajstić information content (AvgIpc) is 2.78. The first-order valence-corrected chi connectivity index (χ1v) is 10.4. The summed E-state index contributed by atoms with van der Waals surface area (Å²) in [5, 5.41) is 4.78. The van der Waals surface area contributed by atoms with E-state index < -0.39 is 0 Å². The molecule has 168 valence electrons.